The van der Waals surface area contributed by atoms with Crippen molar-refractivity contribution in [2.24, 2.45) is 5.92 Å². The summed E-state index contributed by atoms with van der Waals surface area (Å²) in [6.45, 7) is 0.915. The van der Waals surface area contributed by atoms with Crippen molar-refractivity contribution in [3.63, 3.8) is 0 Å². The number of tetrazole rings is 1. The van der Waals surface area contributed by atoms with Gasteiger partial charge in [-0.3, -0.25) is 4.79 Å². The Balaban J connectivity index is 1.28. The molecule has 0 unspecified atom stereocenters. The third-order valence-corrected chi connectivity index (χ3v) is 6.78. The van der Waals surface area contributed by atoms with Crippen molar-refractivity contribution in [3.8, 4) is 11.4 Å². The van der Waals surface area contributed by atoms with Crippen LogP contribution in [0.2, 0.25) is 0 Å². The fraction of sp³-hybridized carbons (Fsp3) is 0.636. The van der Waals surface area contributed by atoms with E-state index in [0.29, 0.717) is 19.0 Å². The number of carbonyl (C=O) groups is 1. The second-order valence-corrected chi connectivity index (χ2v) is 9.00. The van der Waals surface area contributed by atoms with Gasteiger partial charge in [0.15, 0.2) is 5.82 Å². The van der Waals surface area contributed by atoms with Gasteiger partial charge in [-0.05, 0) is 47.5 Å². The highest BCUT2D eigenvalue weighted by atomic mass is 16.6. The largest absolute Gasteiger partial charge is 0.378 e. The number of fused-ring (bicyclic) bond motifs is 1. The van der Waals surface area contributed by atoms with Crippen molar-refractivity contribution >= 4 is 11.6 Å². The van der Waals surface area contributed by atoms with Crippen molar-refractivity contribution in [1.82, 2.24) is 25.5 Å². The van der Waals surface area contributed by atoms with E-state index in [-0.39, 0.29) is 36.1 Å². The molecule has 166 valence electrons. The normalized spacial score (nSPS) is 28.5. The van der Waals surface area contributed by atoms with E-state index in [1.54, 1.807) is 4.68 Å². The molecule has 0 bridgehead atoms. The molecule has 1 amide bonds. The van der Waals surface area contributed by atoms with Gasteiger partial charge in [-0.25, -0.2) is 4.68 Å². The van der Waals surface area contributed by atoms with Crippen LogP contribution in [-0.4, -0.2) is 71.7 Å². The molecule has 4 atom stereocenters. The summed E-state index contributed by atoms with van der Waals surface area (Å²) in [6.07, 6.45) is 5.13. The van der Waals surface area contributed by atoms with E-state index in [9.17, 15) is 4.79 Å². The summed E-state index contributed by atoms with van der Waals surface area (Å²) in [5.41, 5.74) is 2.06. The predicted molar refractivity (Wildman–Crippen MR) is 115 cm³/mol. The number of rotatable bonds is 5. The Bertz CT molecular complexity index is 908. The fourth-order valence-corrected chi connectivity index (χ4v) is 4.99. The molecular weight excluding hydrogens is 396 g/mol. The SMILES string of the molecule is CN(C)c1ccc(-c2nnnn2[C@@H]2CO[C@@H]3[C@@H]2OC[C@@H]3NC(=O)C2CCCCC2)cc1. The Hall–Kier alpha value is -2.52. The van der Waals surface area contributed by atoms with Gasteiger partial charge in [-0.15, -0.1) is 5.10 Å². The van der Waals surface area contributed by atoms with E-state index >= 15 is 0 Å². The third-order valence-electron chi connectivity index (χ3n) is 6.78. The molecule has 2 saturated heterocycles. The summed E-state index contributed by atoms with van der Waals surface area (Å²) in [5.74, 6) is 0.962. The van der Waals surface area contributed by atoms with E-state index < -0.39 is 0 Å². The first kappa shape index (κ1) is 20.4. The number of nitrogens with one attached hydrogen (secondary N) is 1. The van der Waals surface area contributed by atoms with Crippen molar-refractivity contribution in [2.45, 2.75) is 56.4 Å². The van der Waals surface area contributed by atoms with Crippen molar-refractivity contribution in [2.75, 3.05) is 32.2 Å². The Morgan fingerprint density at radius 1 is 1.06 bits per heavy atom. The standard InChI is InChI=1S/C22H30N6O3/c1-27(2)16-10-8-14(9-11-16)21-24-25-26-28(21)18-13-31-19-17(12-30-20(18)19)23-22(29)15-6-4-3-5-7-15/h8-11,15,17-20H,3-7,12-13H2,1-2H3,(H,23,29)/t17-,18+,19-,20+/m0/s1. The number of nitrogens with zero attached hydrogens (tertiary/aromatic N) is 5. The molecule has 9 nitrogen and oxygen atoms in total. The van der Waals surface area contributed by atoms with Gasteiger partial charge >= 0.3 is 0 Å². The van der Waals surface area contributed by atoms with E-state index in [0.717, 1.165) is 36.9 Å². The molecule has 3 fully saturated rings. The van der Waals surface area contributed by atoms with Crippen molar-refractivity contribution in [1.29, 1.82) is 0 Å². The zero-order chi connectivity index (χ0) is 21.4. The molecule has 2 aromatic rings. The summed E-state index contributed by atoms with van der Waals surface area (Å²) < 4.78 is 14.0. The number of aromatic nitrogens is 4. The van der Waals surface area contributed by atoms with Crippen LogP contribution in [0.5, 0.6) is 0 Å². The zero-order valence-electron chi connectivity index (χ0n) is 18.1. The van der Waals surface area contributed by atoms with Crippen LogP contribution in [0.1, 0.15) is 38.1 Å². The fourth-order valence-electron chi connectivity index (χ4n) is 4.99. The minimum atomic E-state index is -0.181. The molecule has 3 aliphatic rings. The molecule has 0 radical (unpaired) electrons. The van der Waals surface area contributed by atoms with Crippen LogP contribution < -0.4 is 10.2 Å². The maximum Gasteiger partial charge on any atom is 0.223 e. The summed E-state index contributed by atoms with van der Waals surface area (Å²) in [6, 6.07) is 7.89. The lowest BCUT2D eigenvalue weighted by Crippen LogP contribution is -2.46. The highest BCUT2D eigenvalue weighted by molar-refractivity contribution is 5.79. The highest BCUT2D eigenvalue weighted by Crippen LogP contribution is 2.36. The lowest BCUT2D eigenvalue weighted by atomic mass is 9.88. The van der Waals surface area contributed by atoms with Crippen LogP contribution in [0, 0.1) is 5.92 Å². The second kappa shape index (κ2) is 8.55. The Morgan fingerprint density at radius 3 is 2.55 bits per heavy atom. The first-order valence-corrected chi connectivity index (χ1v) is 11.2. The number of ether oxygens (including phenoxy) is 2. The highest BCUT2D eigenvalue weighted by Gasteiger charge is 2.50. The zero-order valence-corrected chi connectivity index (χ0v) is 18.1. The maximum atomic E-state index is 12.7. The molecule has 5 rings (SSSR count). The van der Waals surface area contributed by atoms with Gasteiger partial charge < -0.3 is 19.7 Å². The van der Waals surface area contributed by atoms with Gasteiger partial charge in [0.2, 0.25) is 5.91 Å². The predicted octanol–water partition coefficient (Wildman–Crippen LogP) is 1.81. The Labute approximate surface area is 182 Å². The first-order chi connectivity index (χ1) is 15.1. The molecule has 9 heteroatoms. The van der Waals surface area contributed by atoms with E-state index in [1.807, 2.05) is 38.4 Å². The number of hydrogen-bond donors (Lipinski definition) is 1. The molecule has 1 aromatic heterocycles. The maximum absolute atomic E-state index is 12.7. The van der Waals surface area contributed by atoms with Gasteiger partial charge in [0.25, 0.3) is 0 Å². The lowest BCUT2D eigenvalue weighted by Gasteiger charge is -2.24. The number of carbonyl (C=O) groups excluding carboxylic acids is 1. The average Bonchev–Trinajstić information content (AvgIpc) is 3.52. The summed E-state index contributed by atoms with van der Waals surface area (Å²) in [5, 5.41) is 15.6. The number of benzene rings is 1. The minimum absolute atomic E-state index is 0.122. The average molecular weight is 427 g/mol. The number of hydrogen-bond acceptors (Lipinski definition) is 7. The molecule has 2 aliphatic heterocycles. The molecule has 0 spiro atoms. The minimum Gasteiger partial charge on any atom is -0.378 e. The molecular formula is C22H30N6O3. The van der Waals surface area contributed by atoms with Gasteiger partial charge in [0.05, 0.1) is 19.3 Å². The lowest BCUT2D eigenvalue weighted by molar-refractivity contribution is -0.127. The monoisotopic (exact) mass is 426 g/mol. The number of amides is 1. The van der Waals surface area contributed by atoms with Gasteiger partial charge in [-0.2, -0.15) is 0 Å². The van der Waals surface area contributed by atoms with Crippen LogP contribution in [0.15, 0.2) is 24.3 Å². The third kappa shape index (κ3) is 3.92. The van der Waals surface area contributed by atoms with Gasteiger partial charge in [0, 0.05) is 31.3 Å². The number of anilines is 1. The van der Waals surface area contributed by atoms with Crippen LogP contribution in [-0.2, 0) is 14.3 Å². The van der Waals surface area contributed by atoms with E-state index in [4.69, 9.17) is 9.47 Å². The first-order valence-electron chi connectivity index (χ1n) is 11.2. The molecule has 1 saturated carbocycles. The summed E-state index contributed by atoms with van der Waals surface area (Å²) >= 11 is 0. The van der Waals surface area contributed by atoms with E-state index in [1.165, 1.54) is 6.42 Å². The Morgan fingerprint density at radius 2 is 1.81 bits per heavy atom. The second-order valence-electron chi connectivity index (χ2n) is 9.00. The van der Waals surface area contributed by atoms with Gasteiger partial charge in [-0.1, -0.05) is 19.3 Å². The molecule has 1 aliphatic carbocycles. The van der Waals surface area contributed by atoms with Crippen LogP contribution in [0.3, 0.4) is 0 Å². The topological polar surface area (TPSA) is 94.4 Å². The van der Waals surface area contributed by atoms with Crippen LogP contribution in [0.4, 0.5) is 5.69 Å². The van der Waals surface area contributed by atoms with Crippen LogP contribution in [0.25, 0.3) is 11.4 Å². The summed E-state index contributed by atoms with van der Waals surface area (Å²) in [7, 11) is 4.02. The molecule has 3 heterocycles. The van der Waals surface area contributed by atoms with Crippen molar-refractivity contribution < 1.29 is 14.3 Å². The molecule has 1 N–H and O–H groups in total. The quantitative estimate of drug-likeness (QED) is 0.779. The van der Waals surface area contributed by atoms with Crippen molar-refractivity contribution in [3.05, 3.63) is 24.3 Å². The van der Waals surface area contributed by atoms with Gasteiger partial charge in [0.1, 0.15) is 18.2 Å². The summed E-state index contributed by atoms with van der Waals surface area (Å²) in [4.78, 5) is 14.8. The van der Waals surface area contributed by atoms with Crippen LogP contribution >= 0.6 is 0 Å². The Kier molecular flexibility index (Phi) is 5.62. The smallest absolute Gasteiger partial charge is 0.223 e. The molecule has 31 heavy (non-hydrogen) atoms. The molecule has 1 aromatic carbocycles. The van der Waals surface area contributed by atoms with E-state index in [2.05, 4.69) is 25.7 Å².